The van der Waals surface area contributed by atoms with E-state index in [4.69, 9.17) is 15.9 Å². The monoisotopic (exact) mass is 343 g/mol. The van der Waals surface area contributed by atoms with Crippen LogP contribution in [-0.2, 0) is 0 Å². The second kappa shape index (κ2) is 7.04. The van der Waals surface area contributed by atoms with Crippen molar-refractivity contribution < 1.29 is 9.13 Å². The summed E-state index contributed by atoms with van der Waals surface area (Å²) in [5.41, 5.74) is 5.71. The van der Waals surface area contributed by atoms with E-state index < -0.39 is 5.82 Å². The highest BCUT2D eigenvalue weighted by atomic mass is 79.9. The first kappa shape index (κ1) is 15.3. The number of rotatable bonds is 5. The first-order chi connectivity index (χ1) is 9.59. The lowest BCUT2D eigenvalue weighted by molar-refractivity contribution is 0.180. The second-order valence-electron chi connectivity index (χ2n) is 4.90. The number of likely N-dealkylation sites (tertiary alicyclic amines) is 1. The molecule has 0 atom stereocenters. The Hall–Kier alpha value is -1.14. The van der Waals surface area contributed by atoms with Crippen LogP contribution in [0.25, 0.3) is 0 Å². The quantitative estimate of drug-likeness (QED) is 0.638. The van der Waals surface area contributed by atoms with E-state index in [0.717, 1.165) is 19.6 Å². The predicted molar refractivity (Wildman–Crippen MR) is 80.9 cm³/mol. The number of ether oxygens (including phenoxy) is 1. The number of hydrogen-bond donors (Lipinski definition) is 2. The molecule has 20 heavy (non-hydrogen) atoms. The molecule has 0 radical (unpaired) electrons. The van der Waals surface area contributed by atoms with Crippen molar-refractivity contribution in [1.29, 1.82) is 5.41 Å². The topological polar surface area (TPSA) is 62.3 Å². The first-order valence-electron chi connectivity index (χ1n) is 6.77. The smallest absolute Gasteiger partial charge is 0.179 e. The Bertz CT molecular complexity index is 490. The molecule has 1 aliphatic rings. The van der Waals surface area contributed by atoms with Gasteiger partial charge in [-0.15, -0.1) is 0 Å². The van der Waals surface area contributed by atoms with Gasteiger partial charge in [0.05, 0.1) is 4.47 Å². The summed E-state index contributed by atoms with van der Waals surface area (Å²) in [6.45, 7) is 3.46. The molecule has 0 spiro atoms. The lowest BCUT2D eigenvalue weighted by atomic mass is 10.1. The van der Waals surface area contributed by atoms with Crippen molar-refractivity contribution in [3.05, 3.63) is 28.0 Å². The maximum Gasteiger partial charge on any atom is 0.179 e. The fourth-order valence-electron chi connectivity index (χ4n) is 2.32. The highest BCUT2D eigenvalue weighted by Gasteiger charge is 2.15. The van der Waals surface area contributed by atoms with Gasteiger partial charge >= 0.3 is 0 Å². The van der Waals surface area contributed by atoms with Crippen LogP contribution in [0.1, 0.15) is 24.8 Å². The van der Waals surface area contributed by atoms with E-state index in [1.165, 1.54) is 25.3 Å². The fraction of sp³-hybridized carbons (Fsp3) is 0.500. The minimum atomic E-state index is -0.503. The molecule has 3 N–H and O–H groups in total. The molecule has 0 aromatic heterocycles. The lowest BCUT2D eigenvalue weighted by Crippen LogP contribution is -2.33. The molecule has 2 rings (SSSR count). The predicted octanol–water partition coefficient (Wildman–Crippen LogP) is 2.74. The van der Waals surface area contributed by atoms with E-state index >= 15 is 0 Å². The van der Waals surface area contributed by atoms with Crippen LogP contribution in [0.5, 0.6) is 5.75 Å². The molecule has 110 valence electrons. The zero-order valence-electron chi connectivity index (χ0n) is 11.3. The normalized spacial score (nSPS) is 16.1. The molecule has 4 nitrogen and oxygen atoms in total. The first-order valence-corrected chi connectivity index (χ1v) is 7.56. The zero-order valence-corrected chi connectivity index (χ0v) is 12.9. The summed E-state index contributed by atoms with van der Waals surface area (Å²) in [6.07, 6.45) is 3.76. The van der Waals surface area contributed by atoms with E-state index in [2.05, 4.69) is 20.8 Å². The Labute approximate surface area is 126 Å². The summed E-state index contributed by atoms with van der Waals surface area (Å²) >= 11 is 3.11. The molecule has 0 saturated carbocycles. The number of amidine groups is 1. The van der Waals surface area contributed by atoms with Crippen molar-refractivity contribution in [1.82, 2.24) is 4.90 Å². The van der Waals surface area contributed by atoms with Crippen LogP contribution < -0.4 is 10.5 Å². The number of piperidine rings is 1. The van der Waals surface area contributed by atoms with Crippen molar-refractivity contribution in [2.45, 2.75) is 19.3 Å². The molecule has 1 fully saturated rings. The lowest BCUT2D eigenvalue weighted by Gasteiger charge is -2.26. The molecule has 1 aliphatic heterocycles. The summed E-state index contributed by atoms with van der Waals surface area (Å²) in [4.78, 5) is 2.33. The molecule has 0 aliphatic carbocycles. The summed E-state index contributed by atoms with van der Waals surface area (Å²) in [5.74, 6) is -0.481. The average molecular weight is 344 g/mol. The Morgan fingerprint density at radius 2 is 2.05 bits per heavy atom. The number of nitrogens with two attached hydrogens (primary N) is 1. The van der Waals surface area contributed by atoms with Gasteiger partial charge < -0.3 is 10.5 Å². The van der Waals surface area contributed by atoms with Gasteiger partial charge in [0.2, 0.25) is 0 Å². The van der Waals surface area contributed by atoms with Crippen LogP contribution >= 0.6 is 15.9 Å². The molecule has 1 aromatic rings. The maximum absolute atomic E-state index is 14.1. The summed E-state index contributed by atoms with van der Waals surface area (Å²) in [7, 11) is 0. The van der Waals surface area contributed by atoms with E-state index in [-0.39, 0.29) is 16.1 Å². The minimum absolute atomic E-state index is 0.171. The van der Waals surface area contributed by atoms with Gasteiger partial charge in [-0.3, -0.25) is 10.3 Å². The third kappa shape index (κ3) is 3.70. The van der Waals surface area contributed by atoms with Crippen molar-refractivity contribution in [2.24, 2.45) is 5.73 Å². The zero-order chi connectivity index (χ0) is 14.5. The Balaban J connectivity index is 1.92. The second-order valence-corrected chi connectivity index (χ2v) is 5.70. The molecule has 0 bridgehead atoms. The Morgan fingerprint density at radius 1 is 1.35 bits per heavy atom. The summed E-state index contributed by atoms with van der Waals surface area (Å²) in [6, 6.07) is 3.11. The molecule has 1 saturated heterocycles. The van der Waals surface area contributed by atoms with Crippen LogP contribution in [0.2, 0.25) is 0 Å². The maximum atomic E-state index is 14.1. The van der Waals surface area contributed by atoms with Crippen LogP contribution in [0, 0.1) is 11.2 Å². The van der Waals surface area contributed by atoms with Gasteiger partial charge in [-0.1, -0.05) is 6.42 Å². The number of hydrogen-bond acceptors (Lipinski definition) is 3. The molecule has 0 unspecified atom stereocenters. The van der Waals surface area contributed by atoms with Crippen molar-refractivity contribution >= 4 is 21.8 Å². The highest BCUT2D eigenvalue weighted by molar-refractivity contribution is 9.10. The van der Waals surface area contributed by atoms with Gasteiger partial charge in [-0.2, -0.15) is 0 Å². The fourth-order valence-corrected chi connectivity index (χ4v) is 2.86. The summed E-state index contributed by atoms with van der Waals surface area (Å²) in [5, 5.41) is 7.35. The standard InChI is InChI=1S/C14H19BrFN3O/c15-12-10(14(17)18)4-5-11(13(12)16)20-9-8-19-6-2-1-3-7-19/h4-5H,1-3,6-9H2,(H3,17,18). The van der Waals surface area contributed by atoms with Gasteiger partial charge in [0.25, 0.3) is 0 Å². The number of nitrogens with zero attached hydrogens (tertiary/aromatic N) is 1. The van der Waals surface area contributed by atoms with Gasteiger partial charge in [0.1, 0.15) is 12.4 Å². The number of nitrogen functional groups attached to an aromatic ring is 1. The number of benzene rings is 1. The molecule has 0 amide bonds. The van der Waals surface area contributed by atoms with Crippen molar-refractivity contribution in [3.63, 3.8) is 0 Å². The Kier molecular flexibility index (Phi) is 5.37. The summed E-state index contributed by atoms with van der Waals surface area (Å²) < 4.78 is 19.7. The van der Waals surface area contributed by atoms with E-state index in [1.807, 2.05) is 0 Å². The largest absolute Gasteiger partial charge is 0.489 e. The van der Waals surface area contributed by atoms with Crippen LogP contribution in [0.15, 0.2) is 16.6 Å². The van der Waals surface area contributed by atoms with Crippen LogP contribution in [-0.4, -0.2) is 37.0 Å². The van der Waals surface area contributed by atoms with E-state index in [1.54, 1.807) is 6.07 Å². The van der Waals surface area contributed by atoms with Gasteiger partial charge in [-0.25, -0.2) is 4.39 Å². The molecule has 6 heteroatoms. The van der Waals surface area contributed by atoms with E-state index in [0.29, 0.717) is 12.2 Å². The van der Waals surface area contributed by atoms with Crippen molar-refractivity contribution in [3.8, 4) is 5.75 Å². The molecule has 1 aromatic carbocycles. The van der Waals surface area contributed by atoms with Gasteiger partial charge in [0, 0.05) is 12.1 Å². The molecule has 1 heterocycles. The van der Waals surface area contributed by atoms with Crippen molar-refractivity contribution in [2.75, 3.05) is 26.2 Å². The number of halogens is 2. The third-order valence-corrected chi connectivity index (χ3v) is 4.23. The van der Waals surface area contributed by atoms with Crippen LogP contribution in [0.3, 0.4) is 0 Å². The molecular weight excluding hydrogens is 325 g/mol. The highest BCUT2D eigenvalue weighted by Crippen LogP contribution is 2.28. The SMILES string of the molecule is N=C(N)c1ccc(OCCN2CCCCC2)c(F)c1Br. The average Bonchev–Trinajstić information content (AvgIpc) is 2.44. The van der Waals surface area contributed by atoms with Gasteiger partial charge in [0.15, 0.2) is 11.6 Å². The number of nitrogens with one attached hydrogen (secondary N) is 1. The minimum Gasteiger partial charge on any atom is -0.489 e. The van der Waals surface area contributed by atoms with Crippen LogP contribution in [0.4, 0.5) is 4.39 Å². The van der Waals surface area contributed by atoms with E-state index in [9.17, 15) is 4.39 Å². The molecular formula is C14H19BrFN3O. The third-order valence-electron chi connectivity index (χ3n) is 3.45. The van der Waals surface area contributed by atoms with Gasteiger partial charge in [-0.05, 0) is 54.0 Å². The Morgan fingerprint density at radius 3 is 2.70 bits per heavy atom.